The molecule has 5 fully saturated rings. The van der Waals surface area contributed by atoms with Crippen LogP contribution in [0.15, 0.2) is 18.3 Å². The number of hydrogen-bond acceptors (Lipinski definition) is 5. The lowest BCUT2D eigenvalue weighted by Gasteiger charge is -2.64. The van der Waals surface area contributed by atoms with Gasteiger partial charge in [0.1, 0.15) is 0 Å². The number of carbonyl (C=O) groups excluding carboxylic acids is 1. The van der Waals surface area contributed by atoms with E-state index in [2.05, 4.69) is 38.0 Å². The van der Waals surface area contributed by atoms with Gasteiger partial charge >= 0.3 is 0 Å². The molecule has 0 radical (unpaired) electrons. The van der Waals surface area contributed by atoms with Crippen molar-refractivity contribution in [3.05, 3.63) is 23.9 Å². The maximum absolute atomic E-state index is 12.2. The predicted octanol–water partition coefficient (Wildman–Crippen LogP) is 6.01. The summed E-state index contributed by atoms with van der Waals surface area (Å²) in [5.41, 5.74) is 1.11. The Morgan fingerprint density at radius 2 is 1.80 bits per heavy atom. The van der Waals surface area contributed by atoms with Crippen molar-refractivity contribution < 1.29 is 19.7 Å². The number of rotatable bonds is 8. The van der Waals surface area contributed by atoms with Crippen molar-refractivity contribution in [1.29, 1.82) is 0 Å². The first-order valence-electron chi connectivity index (χ1n) is 16.4. The summed E-state index contributed by atoms with van der Waals surface area (Å²) in [7, 11) is 0. The first-order chi connectivity index (χ1) is 19.2. The van der Waals surface area contributed by atoms with Crippen LogP contribution in [0, 0.1) is 52.3 Å². The Labute approximate surface area is 241 Å². The van der Waals surface area contributed by atoms with E-state index in [9.17, 15) is 15.0 Å². The van der Waals surface area contributed by atoms with Crippen molar-refractivity contribution in [3.63, 3.8) is 0 Å². The first-order valence-corrected chi connectivity index (χ1v) is 16.4. The zero-order valence-corrected chi connectivity index (χ0v) is 25.1. The maximum Gasteiger partial charge on any atom is 0.253 e. The number of amides is 1. The van der Waals surface area contributed by atoms with Gasteiger partial charge < -0.3 is 20.3 Å². The molecule has 0 saturated heterocycles. The Bertz CT molecular complexity index is 1060. The molecule has 1 aromatic rings. The van der Waals surface area contributed by atoms with Gasteiger partial charge in [0, 0.05) is 18.3 Å². The average Bonchev–Trinajstić information content (AvgIpc) is 3.68. The number of aliphatic hydroxyl groups is 2. The van der Waals surface area contributed by atoms with Crippen LogP contribution in [0.1, 0.15) is 109 Å². The topological polar surface area (TPSA) is 91.7 Å². The monoisotopic (exact) mass is 552 g/mol. The van der Waals surface area contributed by atoms with Crippen molar-refractivity contribution in [3.8, 4) is 5.88 Å². The molecule has 40 heavy (non-hydrogen) atoms. The molecule has 0 aromatic carbocycles. The normalized spacial score (nSPS) is 43.2. The van der Waals surface area contributed by atoms with E-state index in [-0.39, 0.29) is 28.9 Å². The average molecular weight is 553 g/mol. The van der Waals surface area contributed by atoms with E-state index >= 15 is 0 Å². The SMILES string of the molecule is CC[C@H]1[C@@H](O)[C@@H]2[C@H](CC[C@]3(C)[C@@H]([C@H](C)CCOc4ccc(C(=O)NC5CC5)cn4)CC[C@@H]23)[C@@]2(C)CC[C@@H](O)C[C@@H]12. The lowest BCUT2D eigenvalue weighted by Crippen LogP contribution is -2.62. The molecule has 0 spiro atoms. The molecule has 3 N–H and O–H groups in total. The van der Waals surface area contributed by atoms with Gasteiger partial charge in [0.2, 0.25) is 5.88 Å². The van der Waals surface area contributed by atoms with Crippen LogP contribution in [0.5, 0.6) is 5.88 Å². The second kappa shape index (κ2) is 10.9. The van der Waals surface area contributed by atoms with Crippen LogP contribution in [0.3, 0.4) is 0 Å². The summed E-state index contributed by atoms with van der Waals surface area (Å²) < 4.78 is 6.04. The minimum Gasteiger partial charge on any atom is -0.478 e. The highest BCUT2D eigenvalue weighted by Gasteiger charge is 2.64. The zero-order chi connectivity index (χ0) is 28.2. The third kappa shape index (κ3) is 4.89. The number of carbonyl (C=O) groups is 1. The lowest BCUT2D eigenvalue weighted by molar-refractivity contribution is -0.203. The molecule has 0 bridgehead atoms. The molecule has 1 heterocycles. The fourth-order valence-corrected chi connectivity index (χ4v) is 10.6. The van der Waals surface area contributed by atoms with Gasteiger partial charge in [-0.15, -0.1) is 0 Å². The molecule has 0 aliphatic heterocycles. The van der Waals surface area contributed by atoms with Gasteiger partial charge in [0.25, 0.3) is 5.91 Å². The molecule has 6 nitrogen and oxygen atoms in total. The Balaban J connectivity index is 1.09. The van der Waals surface area contributed by atoms with E-state index < -0.39 is 0 Å². The van der Waals surface area contributed by atoms with Crippen LogP contribution in [0.4, 0.5) is 0 Å². The highest BCUT2D eigenvalue weighted by molar-refractivity contribution is 5.94. The van der Waals surface area contributed by atoms with E-state index in [1.807, 2.05) is 12.1 Å². The Hall–Kier alpha value is -1.66. The minimum atomic E-state index is -0.235. The van der Waals surface area contributed by atoms with Crippen molar-refractivity contribution in [2.75, 3.05) is 6.61 Å². The summed E-state index contributed by atoms with van der Waals surface area (Å²) in [6.45, 7) is 10.3. The Kier molecular flexibility index (Phi) is 7.74. The van der Waals surface area contributed by atoms with Crippen molar-refractivity contribution in [2.45, 2.75) is 117 Å². The number of aliphatic hydroxyl groups excluding tert-OH is 2. The van der Waals surface area contributed by atoms with Crippen molar-refractivity contribution >= 4 is 5.91 Å². The highest BCUT2D eigenvalue weighted by atomic mass is 16.5. The molecule has 5 aliphatic carbocycles. The molecular formula is C34H52N2O4. The van der Waals surface area contributed by atoms with E-state index in [0.29, 0.717) is 65.5 Å². The molecule has 6 heteroatoms. The largest absolute Gasteiger partial charge is 0.478 e. The van der Waals surface area contributed by atoms with Gasteiger partial charge in [-0.3, -0.25) is 4.79 Å². The summed E-state index contributed by atoms with van der Waals surface area (Å²) in [4.78, 5) is 16.6. The molecule has 5 saturated carbocycles. The molecule has 222 valence electrons. The van der Waals surface area contributed by atoms with Gasteiger partial charge in [-0.05, 0) is 123 Å². The lowest BCUT2D eigenvalue weighted by atomic mass is 9.41. The third-order valence-corrected chi connectivity index (χ3v) is 12.9. The zero-order valence-electron chi connectivity index (χ0n) is 25.1. The smallest absolute Gasteiger partial charge is 0.253 e. The molecule has 11 atom stereocenters. The summed E-state index contributed by atoms with van der Waals surface area (Å²) in [6.07, 6.45) is 13.2. The quantitative estimate of drug-likeness (QED) is 0.368. The number of nitrogens with one attached hydrogen (secondary N) is 1. The van der Waals surface area contributed by atoms with E-state index in [4.69, 9.17) is 4.74 Å². The van der Waals surface area contributed by atoms with Gasteiger partial charge in [-0.2, -0.15) is 0 Å². The third-order valence-electron chi connectivity index (χ3n) is 12.9. The van der Waals surface area contributed by atoms with Gasteiger partial charge in [-0.1, -0.05) is 34.1 Å². The fourth-order valence-electron chi connectivity index (χ4n) is 10.6. The van der Waals surface area contributed by atoms with Crippen LogP contribution in [-0.4, -0.2) is 46.0 Å². The Morgan fingerprint density at radius 1 is 1.05 bits per heavy atom. The molecular weight excluding hydrogens is 500 g/mol. The van der Waals surface area contributed by atoms with Crippen LogP contribution in [0.25, 0.3) is 0 Å². The second-order valence-electron chi connectivity index (χ2n) is 14.9. The maximum atomic E-state index is 12.2. The Morgan fingerprint density at radius 3 is 2.50 bits per heavy atom. The van der Waals surface area contributed by atoms with E-state index in [1.165, 1.54) is 25.7 Å². The van der Waals surface area contributed by atoms with Gasteiger partial charge in [-0.25, -0.2) is 4.98 Å². The minimum absolute atomic E-state index is 0.0483. The standard InChI is InChI=1S/C34H52N2O4/c1-5-24-28-18-23(37)12-15-34(28,4)27-13-16-33(3)25(9-10-26(33)30(27)31(24)38)20(2)14-17-40-29-11-6-21(19-35-29)32(39)36-22-7-8-22/h6,11,19-20,22-28,30-31,37-38H,5,7-10,12-18H2,1-4H3,(H,36,39)/t20-,23-,24-,25-,26+,27+,28+,30+,31-,33-,34-/m1/s1. The highest BCUT2D eigenvalue weighted by Crippen LogP contribution is 2.69. The fraction of sp³-hybridized carbons (Fsp3) is 0.824. The summed E-state index contributed by atoms with van der Waals surface area (Å²) in [5.74, 6) is 4.06. The first kappa shape index (κ1) is 28.5. The van der Waals surface area contributed by atoms with Crippen LogP contribution in [-0.2, 0) is 0 Å². The van der Waals surface area contributed by atoms with Crippen molar-refractivity contribution in [1.82, 2.24) is 10.3 Å². The summed E-state index contributed by atoms with van der Waals surface area (Å²) >= 11 is 0. The number of hydrogen-bond donors (Lipinski definition) is 3. The number of pyridine rings is 1. The van der Waals surface area contributed by atoms with E-state index in [1.54, 1.807) is 6.20 Å². The van der Waals surface area contributed by atoms with Crippen LogP contribution < -0.4 is 10.1 Å². The number of fused-ring (bicyclic) bond motifs is 5. The predicted molar refractivity (Wildman–Crippen MR) is 156 cm³/mol. The summed E-state index contributed by atoms with van der Waals surface area (Å²) in [5, 5.41) is 25.5. The molecule has 0 unspecified atom stereocenters. The van der Waals surface area contributed by atoms with Gasteiger partial charge in [0.05, 0.1) is 24.4 Å². The van der Waals surface area contributed by atoms with Crippen LogP contribution in [0.2, 0.25) is 0 Å². The molecule has 6 rings (SSSR count). The van der Waals surface area contributed by atoms with Gasteiger partial charge in [0.15, 0.2) is 0 Å². The van der Waals surface area contributed by atoms with E-state index in [0.717, 1.165) is 44.9 Å². The number of nitrogens with zero attached hydrogens (tertiary/aromatic N) is 1. The number of ether oxygens (including phenoxy) is 1. The second-order valence-corrected chi connectivity index (χ2v) is 14.9. The molecule has 1 amide bonds. The molecule has 5 aliphatic rings. The number of aromatic nitrogens is 1. The summed E-state index contributed by atoms with van der Waals surface area (Å²) in [6, 6.07) is 3.96. The van der Waals surface area contributed by atoms with Crippen molar-refractivity contribution in [2.24, 2.45) is 52.3 Å². The van der Waals surface area contributed by atoms with Crippen LogP contribution >= 0.6 is 0 Å². The molecule has 1 aromatic heterocycles.